The Morgan fingerprint density at radius 3 is 2.62 bits per heavy atom. The largest absolute Gasteiger partial charge is 0.444 e. The standard InChI is InChI=1S/C18H36N4O3.HI/c1-7-19-16(20-9-11-24-13-14(2)3)22-10-8-15(12-22)21-17(23)25-18(4,5)6;/h14-15H,7-13H2,1-6H3,(H,19,20)(H,21,23);1H. The molecule has 26 heavy (non-hydrogen) atoms. The Labute approximate surface area is 175 Å². The van der Waals surface area contributed by atoms with Crippen LogP contribution in [0.4, 0.5) is 4.79 Å². The predicted molar refractivity (Wildman–Crippen MR) is 116 cm³/mol. The van der Waals surface area contributed by atoms with E-state index in [1.165, 1.54) is 0 Å². The molecule has 2 N–H and O–H groups in total. The molecule has 154 valence electrons. The van der Waals surface area contributed by atoms with Crippen LogP contribution in [0.2, 0.25) is 0 Å². The van der Waals surface area contributed by atoms with Crippen LogP contribution in [-0.2, 0) is 9.47 Å². The average molecular weight is 484 g/mol. The first-order valence-electron chi connectivity index (χ1n) is 9.31. The van der Waals surface area contributed by atoms with Crippen LogP contribution in [0.3, 0.4) is 0 Å². The zero-order valence-electron chi connectivity index (χ0n) is 17.1. The quantitative estimate of drug-likeness (QED) is 0.252. The zero-order valence-corrected chi connectivity index (χ0v) is 19.5. The molecule has 8 heteroatoms. The maximum absolute atomic E-state index is 11.9. The molecule has 0 spiro atoms. The number of rotatable bonds is 7. The number of halogens is 1. The van der Waals surface area contributed by atoms with Gasteiger partial charge in [-0.25, -0.2) is 4.79 Å². The molecule has 1 aliphatic rings. The van der Waals surface area contributed by atoms with Crippen molar-refractivity contribution in [3.63, 3.8) is 0 Å². The second kappa shape index (κ2) is 12.6. The van der Waals surface area contributed by atoms with Gasteiger partial charge >= 0.3 is 6.09 Å². The summed E-state index contributed by atoms with van der Waals surface area (Å²) in [4.78, 5) is 18.7. The molecule has 1 amide bonds. The fourth-order valence-corrected chi connectivity index (χ4v) is 2.51. The lowest BCUT2D eigenvalue weighted by molar-refractivity contribution is 0.0507. The van der Waals surface area contributed by atoms with E-state index in [1.54, 1.807) is 0 Å². The van der Waals surface area contributed by atoms with E-state index >= 15 is 0 Å². The van der Waals surface area contributed by atoms with Crippen molar-refractivity contribution in [2.24, 2.45) is 10.9 Å². The number of carbonyl (C=O) groups excluding carboxylic acids is 1. The van der Waals surface area contributed by atoms with Gasteiger partial charge in [0.05, 0.1) is 19.2 Å². The van der Waals surface area contributed by atoms with Gasteiger partial charge < -0.3 is 25.0 Å². The normalized spacial score (nSPS) is 17.9. The van der Waals surface area contributed by atoms with Crippen molar-refractivity contribution < 1.29 is 14.3 Å². The summed E-state index contributed by atoms with van der Waals surface area (Å²) in [5, 5.41) is 6.25. The van der Waals surface area contributed by atoms with E-state index in [-0.39, 0.29) is 36.1 Å². The minimum Gasteiger partial charge on any atom is -0.444 e. The number of hydrogen-bond donors (Lipinski definition) is 2. The summed E-state index contributed by atoms with van der Waals surface area (Å²) in [6.45, 7) is 16.3. The van der Waals surface area contributed by atoms with Gasteiger partial charge in [-0.2, -0.15) is 0 Å². The Balaban J connectivity index is 0.00000625. The van der Waals surface area contributed by atoms with Gasteiger partial charge in [0.1, 0.15) is 5.60 Å². The van der Waals surface area contributed by atoms with Crippen molar-refractivity contribution in [2.45, 2.75) is 59.6 Å². The number of nitrogens with one attached hydrogen (secondary N) is 2. The number of guanidine groups is 1. The van der Waals surface area contributed by atoms with Crippen molar-refractivity contribution >= 4 is 36.0 Å². The molecule has 1 fully saturated rings. The molecule has 0 aromatic rings. The Hall–Kier alpha value is -0.770. The summed E-state index contributed by atoms with van der Waals surface area (Å²) in [7, 11) is 0. The van der Waals surface area contributed by atoms with E-state index in [2.05, 4.69) is 41.3 Å². The third kappa shape index (κ3) is 11.1. The van der Waals surface area contributed by atoms with Crippen LogP contribution in [0.1, 0.15) is 48.0 Å². The van der Waals surface area contributed by atoms with Crippen molar-refractivity contribution in [1.82, 2.24) is 15.5 Å². The van der Waals surface area contributed by atoms with Crippen molar-refractivity contribution in [2.75, 3.05) is 39.4 Å². The summed E-state index contributed by atoms with van der Waals surface area (Å²) in [6, 6.07) is 0.0795. The lowest BCUT2D eigenvalue weighted by Crippen LogP contribution is -2.44. The van der Waals surface area contributed by atoms with Crippen LogP contribution in [0.25, 0.3) is 0 Å². The van der Waals surface area contributed by atoms with E-state index in [9.17, 15) is 4.79 Å². The van der Waals surface area contributed by atoms with Gasteiger partial charge in [-0.15, -0.1) is 24.0 Å². The summed E-state index contributed by atoms with van der Waals surface area (Å²) in [5.74, 6) is 1.42. The number of carbonyl (C=O) groups is 1. The smallest absolute Gasteiger partial charge is 0.407 e. The summed E-state index contributed by atoms with van der Waals surface area (Å²) < 4.78 is 10.9. The molecule has 0 aromatic carbocycles. The number of amides is 1. The Morgan fingerprint density at radius 1 is 1.35 bits per heavy atom. The monoisotopic (exact) mass is 484 g/mol. The lowest BCUT2D eigenvalue weighted by atomic mass is 10.2. The van der Waals surface area contributed by atoms with Crippen LogP contribution in [0, 0.1) is 5.92 Å². The first-order chi connectivity index (χ1) is 11.7. The second-order valence-electron chi connectivity index (χ2n) is 7.78. The number of nitrogens with zero attached hydrogens (tertiary/aromatic N) is 2. The van der Waals surface area contributed by atoms with Crippen molar-refractivity contribution in [1.29, 1.82) is 0 Å². The lowest BCUT2D eigenvalue weighted by Gasteiger charge is -2.23. The first kappa shape index (κ1) is 25.2. The van der Waals surface area contributed by atoms with Gasteiger partial charge in [-0.3, -0.25) is 4.99 Å². The van der Waals surface area contributed by atoms with E-state index in [0.717, 1.165) is 38.6 Å². The van der Waals surface area contributed by atoms with Gasteiger partial charge in [0.15, 0.2) is 5.96 Å². The molecule has 0 aromatic heterocycles. The fourth-order valence-electron chi connectivity index (χ4n) is 2.51. The first-order valence-corrected chi connectivity index (χ1v) is 9.31. The minimum absolute atomic E-state index is 0. The molecule has 1 heterocycles. The summed E-state index contributed by atoms with van der Waals surface area (Å²) in [6.07, 6.45) is 0.524. The highest BCUT2D eigenvalue weighted by molar-refractivity contribution is 14.0. The number of ether oxygens (including phenoxy) is 2. The SMILES string of the molecule is CCNC(=NCCOCC(C)C)N1CCC(NC(=O)OC(C)(C)C)C1.I. The molecule has 1 rings (SSSR count). The Kier molecular flexibility index (Phi) is 12.2. The fraction of sp³-hybridized carbons (Fsp3) is 0.889. The van der Waals surface area contributed by atoms with Gasteiger partial charge in [-0.1, -0.05) is 13.8 Å². The highest BCUT2D eigenvalue weighted by atomic mass is 127. The van der Waals surface area contributed by atoms with Crippen molar-refractivity contribution in [3.05, 3.63) is 0 Å². The van der Waals surface area contributed by atoms with Crippen molar-refractivity contribution in [3.8, 4) is 0 Å². The van der Waals surface area contributed by atoms with Crippen LogP contribution in [-0.4, -0.2) is 68.0 Å². The van der Waals surface area contributed by atoms with E-state index in [0.29, 0.717) is 19.1 Å². The Bertz CT molecular complexity index is 439. The molecule has 1 unspecified atom stereocenters. The third-order valence-corrected chi connectivity index (χ3v) is 3.49. The highest BCUT2D eigenvalue weighted by Crippen LogP contribution is 2.12. The number of likely N-dealkylation sites (tertiary alicyclic amines) is 1. The summed E-state index contributed by atoms with van der Waals surface area (Å²) >= 11 is 0. The molecule has 0 aliphatic carbocycles. The minimum atomic E-state index is -0.477. The second-order valence-corrected chi connectivity index (χ2v) is 7.78. The molecular weight excluding hydrogens is 447 g/mol. The summed E-state index contributed by atoms with van der Waals surface area (Å²) in [5.41, 5.74) is -0.477. The average Bonchev–Trinajstić information content (AvgIpc) is 2.91. The predicted octanol–water partition coefficient (Wildman–Crippen LogP) is 2.84. The number of hydrogen-bond acceptors (Lipinski definition) is 4. The zero-order chi connectivity index (χ0) is 18.9. The molecule has 7 nitrogen and oxygen atoms in total. The van der Waals surface area contributed by atoms with E-state index < -0.39 is 5.60 Å². The molecule has 1 atom stereocenters. The van der Waals surface area contributed by atoms with Gasteiger partial charge in [-0.05, 0) is 40.0 Å². The third-order valence-electron chi connectivity index (χ3n) is 3.49. The van der Waals surface area contributed by atoms with Gasteiger partial charge in [0.25, 0.3) is 0 Å². The van der Waals surface area contributed by atoms with Gasteiger partial charge in [0.2, 0.25) is 0 Å². The van der Waals surface area contributed by atoms with Gasteiger partial charge in [0, 0.05) is 26.2 Å². The maximum Gasteiger partial charge on any atom is 0.407 e. The molecule has 0 bridgehead atoms. The molecular formula is C18H37IN4O3. The Morgan fingerprint density at radius 2 is 2.04 bits per heavy atom. The van der Waals surface area contributed by atoms with Crippen LogP contribution in [0.15, 0.2) is 4.99 Å². The van der Waals surface area contributed by atoms with Crippen LogP contribution < -0.4 is 10.6 Å². The molecule has 1 saturated heterocycles. The topological polar surface area (TPSA) is 75.2 Å². The number of aliphatic imine (C=N–C) groups is 1. The van der Waals surface area contributed by atoms with Crippen LogP contribution in [0.5, 0.6) is 0 Å². The van der Waals surface area contributed by atoms with Crippen LogP contribution >= 0.6 is 24.0 Å². The molecule has 0 saturated carbocycles. The molecule has 0 radical (unpaired) electrons. The van der Waals surface area contributed by atoms with E-state index in [4.69, 9.17) is 9.47 Å². The van der Waals surface area contributed by atoms with E-state index in [1.807, 2.05) is 20.8 Å². The number of alkyl carbamates (subject to hydrolysis) is 1. The molecule has 1 aliphatic heterocycles. The maximum atomic E-state index is 11.9. The highest BCUT2D eigenvalue weighted by Gasteiger charge is 2.27.